The second-order valence-corrected chi connectivity index (χ2v) is 5.64. The van der Waals surface area contributed by atoms with Crippen LogP contribution in [0.4, 0.5) is 5.69 Å². The van der Waals surface area contributed by atoms with Gasteiger partial charge in [0.15, 0.2) is 0 Å². The Labute approximate surface area is 137 Å². The van der Waals surface area contributed by atoms with E-state index in [9.17, 15) is 0 Å². The van der Waals surface area contributed by atoms with E-state index in [0.717, 1.165) is 18.0 Å². The molecule has 0 atom stereocenters. The van der Waals surface area contributed by atoms with E-state index in [0.29, 0.717) is 6.61 Å². The highest BCUT2D eigenvalue weighted by Crippen LogP contribution is 2.16. The Balaban J connectivity index is 1.52. The molecule has 116 valence electrons. The third-order valence-electron chi connectivity index (χ3n) is 3.68. The Morgan fingerprint density at radius 3 is 2.30 bits per heavy atom. The smallest absolute Gasteiger partial charge is 0.119 e. The second-order valence-electron chi connectivity index (χ2n) is 5.64. The zero-order chi connectivity index (χ0) is 15.9. The fraction of sp³-hybridized carbons (Fsp3) is 0.143. The van der Waals surface area contributed by atoms with Gasteiger partial charge in [-0.25, -0.2) is 0 Å². The summed E-state index contributed by atoms with van der Waals surface area (Å²) in [6, 6.07) is 26.9. The predicted molar refractivity (Wildman–Crippen MR) is 95.7 cm³/mol. The molecule has 0 aliphatic rings. The molecule has 0 saturated heterocycles. The van der Waals surface area contributed by atoms with Gasteiger partial charge in [0.2, 0.25) is 0 Å². The second kappa shape index (κ2) is 7.50. The van der Waals surface area contributed by atoms with E-state index in [2.05, 4.69) is 60.8 Å². The molecular formula is C21H21NO. The molecule has 3 aromatic rings. The van der Waals surface area contributed by atoms with Crippen LogP contribution in [-0.2, 0) is 13.2 Å². The SMILES string of the molecule is Cc1cccc(COc2ccc(CNc3ccccc3)cc2)c1. The molecule has 1 N–H and O–H groups in total. The van der Waals surface area contributed by atoms with Crippen molar-refractivity contribution in [3.8, 4) is 5.75 Å². The van der Waals surface area contributed by atoms with E-state index in [-0.39, 0.29) is 0 Å². The average Bonchev–Trinajstić information content (AvgIpc) is 2.60. The van der Waals surface area contributed by atoms with Gasteiger partial charge in [-0.3, -0.25) is 0 Å². The Morgan fingerprint density at radius 2 is 1.57 bits per heavy atom. The van der Waals surface area contributed by atoms with Crippen molar-refractivity contribution in [3.05, 3.63) is 95.6 Å². The van der Waals surface area contributed by atoms with Gasteiger partial charge < -0.3 is 10.1 Å². The number of hydrogen-bond acceptors (Lipinski definition) is 2. The Bertz CT molecular complexity index is 735. The first-order chi connectivity index (χ1) is 11.3. The molecule has 0 radical (unpaired) electrons. The molecule has 3 rings (SSSR count). The van der Waals surface area contributed by atoms with Crippen molar-refractivity contribution in [2.24, 2.45) is 0 Å². The van der Waals surface area contributed by atoms with Gasteiger partial charge in [-0.05, 0) is 42.3 Å². The van der Waals surface area contributed by atoms with Crippen LogP contribution in [0, 0.1) is 6.92 Å². The minimum atomic E-state index is 0.600. The first-order valence-electron chi connectivity index (χ1n) is 7.86. The normalized spacial score (nSPS) is 10.3. The summed E-state index contributed by atoms with van der Waals surface area (Å²) in [6.45, 7) is 3.50. The fourth-order valence-electron chi connectivity index (χ4n) is 2.43. The quantitative estimate of drug-likeness (QED) is 0.677. The predicted octanol–water partition coefficient (Wildman–Crippen LogP) is 5.19. The molecule has 0 heterocycles. The summed E-state index contributed by atoms with van der Waals surface area (Å²) in [4.78, 5) is 0. The zero-order valence-corrected chi connectivity index (χ0v) is 13.3. The summed E-state index contributed by atoms with van der Waals surface area (Å²) in [5.41, 5.74) is 4.82. The van der Waals surface area contributed by atoms with E-state index in [1.54, 1.807) is 0 Å². The number of aryl methyl sites for hydroxylation is 1. The third kappa shape index (κ3) is 4.62. The first-order valence-corrected chi connectivity index (χ1v) is 7.86. The highest BCUT2D eigenvalue weighted by molar-refractivity contribution is 5.43. The molecule has 0 aromatic heterocycles. The minimum absolute atomic E-state index is 0.600. The van der Waals surface area contributed by atoms with Gasteiger partial charge in [0, 0.05) is 12.2 Å². The summed E-state index contributed by atoms with van der Waals surface area (Å²) < 4.78 is 5.84. The third-order valence-corrected chi connectivity index (χ3v) is 3.68. The van der Waals surface area contributed by atoms with E-state index in [1.165, 1.54) is 16.7 Å². The molecule has 0 saturated carbocycles. The highest BCUT2D eigenvalue weighted by Gasteiger charge is 1.98. The lowest BCUT2D eigenvalue weighted by molar-refractivity contribution is 0.306. The summed E-state index contributed by atoms with van der Waals surface area (Å²) >= 11 is 0. The lowest BCUT2D eigenvalue weighted by Gasteiger charge is -2.09. The number of rotatable bonds is 6. The lowest BCUT2D eigenvalue weighted by Crippen LogP contribution is -1.99. The van der Waals surface area contributed by atoms with Crippen molar-refractivity contribution in [3.63, 3.8) is 0 Å². The standard InChI is InChI=1S/C21H21NO/c1-17-6-5-7-19(14-17)16-23-21-12-10-18(11-13-21)15-22-20-8-3-2-4-9-20/h2-14,22H,15-16H2,1H3. The summed E-state index contributed by atoms with van der Waals surface area (Å²) in [5.74, 6) is 0.898. The van der Waals surface area contributed by atoms with Crippen molar-refractivity contribution in [1.82, 2.24) is 0 Å². The maximum absolute atomic E-state index is 5.84. The highest BCUT2D eigenvalue weighted by atomic mass is 16.5. The average molecular weight is 303 g/mol. The van der Waals surface area contributed by atoms with Crippen molar-refractivity contribution in [1.29, 1.82) is 0 Å². The van der Waals surface area contributed by atoms with Gasteiger partial charge in [0.05, 0.1) is 0 Å². The van der Waals surface area contributed by atoms with E-state index >= 15 is 0 Å². The molecule has 2 nitrogen and oxygen atoms in total. The first kappa shape index (κ1) is 15.2. The minimum Gasteiger partial charge on any atom is -0.489 e. The van der Waals surface area contributed by atoms with Crippen LogP contribution in [0.25, 0.3) is 0 Å². The molecule has 23 heavy (non-hydrogen) atoms. The molecule has 0 amide bonds. The molecule has 0 aliphatic heterocycles. The number of benzene rings is 3. The lowest BCUT2D eigenvalue weighted by atomic mass is 10.1. The molecule has 0 aliphatic carbocycles. The number of ether oxygens (including phenoxy) is 1. The van der Waals surface area contributed by atoms with Gasteiger partial charge >= 0.3 is 0 Å². The zero-order valence-electron chi connectivity index (χ0n) is 13.3. The van der Waals surface area contributed by atoms with Gasteiger partial charge in [-0.15, -0.1) is 0 Å². The van der Waals surface area contributed by atoms with Gasteiger partial charge in [-0.1, -0.05) is 60.2 Å². The number of para-hydroxylation sites is 1. The topological polar surface area (TPSA) is 21.3 Å². The van der Waals surface area contributed by atoms with Crippen LogP contribution in [0.2, 0.25) is 0 Å². The number of hydrogen-bond donors (Lipinski definition) is 1. The van der Waals surface area contributed by atoms with Crippen LogP contribution in [-0.4, -0.2) is 0 Å². The summed E-state index contributed by atoms with van der Waals surface area (Å²) in [7, 11) is 0. The van der Waals surface area contributed by atoms with E-state index < -0.39 is 0 Å². The number of anilines is 1. The van der Waals surface area contributed by atoms with Crippen LogP contribution in [0.5, 0.6) is 5.75 Å². The van der Waals surface area contributed by atoms with E-state index in [4.69, 9.17) is 4.74 Å². The molecule has 3 aromatic carbocycles. The summed E-state index contributed by atoms with van der Waals surface area (Å²) in [6.07, 6.45) is 0. The van der Waals surface area contributed by atoms with Crippen LogP contribution in [0.1, 0.15) is 16.7 Å². The molecule has 0 fully saturated rings. The van der Waals surface area contributed by atoms with Crippen LogP contribution in [0.3, 0.4) is 0 Å². The van der Waals surface area contributed by atoms with Gasteiger partial charge in [0.1, 0.15) is 12.4 Å². The van der Waals surface area contributed by atoms with Crippen LogP contribution in [0.15, 0.2) is 78.9 Å². The molecule has 2 heteroatoms. The van der Waals surface area contributed by atoms with Gasteiger partial charge in [0.25, 0.3) is 0 Å². The molecule has 0 bridgehead atoms. The van der Waals surface area contributed by atoms with Crippen molar-refractivity contribution >= 4 is 5.69 Å². The van der Waals surface area contributed by atoms with Gasteiger partial charge in [-0.2, -0.15) is 0 Å². The van der Waals surface area contributed by atoms with Crippen LogP contribution >= 0.6 is 0 Å². The fourth-order valence-corrected chi connectivity index (χ4v) is 2.43. The maximum Gasteiger partial charge on any atom is 0.119 e. The molecule has 0 spiro atoms. The Kier molecular flexibility index (Phi) is 4.95. The van der Waals surface area contributed by atoms with E-state index in [1.807, 2.05) is 30.3 Å². The van der Waals surface area contributed by atoms with Crippen LogP contribution < -0.4 is 10.1 Å². The Morgan fingerprint density at radius 1 is 0.783 bits per heavy atom. The Hall–Kier alpha value is -2.74. The molecular weight excluding hydrogens is 282 g/mol. The monoisotopic (exact) mass is 303 g/mol. The van der Waals surface area contributed by atoms with Crippen molar-refractivity contribution < 1.29 is 4.74 Å². The van der Waals surface area contributed by atoms with Crippen molar-refractivity contribution in [2.75, 3.05) is 5.32 Å². The van der Waals surface area contributed by atoms with Crippen molar-refractivity contribution in [2.45, 2.75) is 20.1 Å². The number of nitrogens with one attached hydrogen (secondary N) is 1. The summed E-state index contributed by atoms with van der Waals surface area (Å²) in [5, 5.41) is 3.40. The molecule has 0 unspecified atom stereocenters. The maximum atomic E-state index is 5.84. The largest absolute Gasteiger partial charge is 0.489 e.